The molecule has 1 aliphatic rings. The Kier molecular flexibility index (Phi) is 3.64. The number of aliphatic imine (C=N–C) groups is 1. The van der Waals surface area contributed by atoms with Crippen molar-refractivity contribution in [1.29, 1.82) is 0 Å². The van der Waals surface area contributed by atoms with Crippen LogP contribution in [0, 0.1) is 0 Å². The highest BCUT2D eigenvalue weighted by molar-refractivity contribution is 5.79. The molecule has 2 aromatic rings. The molecule has 0 spiro atoms. The van der Waals surface area contributed by atoms with E-state index in [2.05, 4.69) is 10.3 Å². The van der Waals surface area contributed by atoms with Crippen LogP contribution in [0.5, 0.6) is 5.75 Å². The Bertz CT molecular complexity index is 683. The zero-order chi connectivity index (χ0) is 14.7. The molecule has 0 atom stereocenters. The summed E-state index contributed by atoms with van der Waals surface area (Å²) in [6.07, 6.45) is 0. The molecule has 0 fully saturated rings. The van der Waals surface area contributed by atoms with Gasteiger partial charge in [-0.3, -0.25) is 0 Å². The molecule has 1 heterocycles. The van der Waals surface area contributed by atoms with Crippen LogP contribution in [-0.2, 0) is 17.9 Å². The second-order valence-corrected chi connectivity index (χ2v) is 4.76. The van der Waals surface area contributed by atoms with Crippen LogP contribution in [0.4, 0.5) is 11.4 Å². The quantitative estimate of drug-likeness (QED) is 0.850. The monoisotopic (exact) mass is 283 g/mol. The highest BCUT2D eigenvalue weighted by Crippen LogP contribution is 2.26. The normalized spacial score (nSPS) is 12.9. The molecule has 108 valence electrons. The first-order valence-corrected chi connectivity index (χ1v) is 6.72. The summed E-state index contributed by atoms with van der Waals surface area (Å²) in [5.74, 6) is 0.842. The molecule has 0 unspecified atom stereocenters. The van der Waals surface area contributed by atoms with Gasteiger partial charge in [0.25, 0.3) is 6.02 Å². The van der Waals surface area contributed by atoms with Gasteiger partial charge in [-0.15, -0.1) is 0 Å². The number of hydrogen-bond acceptors (Lipinski definition) is 5. The van der Waals surface area contributed by atoms with E-state index in [0.29, 0.717) is 19.2 Å². The first kappa shape index (κ1) is 13.3. The minimum Gasteiger partial charge on any atom is -0.496 e. The number of hydrogen-bond donors (Lipinski definition) is 2. The van der Waals surface area contributed by atoms with Gasteiger partial charge in [-0.05, 0) is 24.3 Å². The lowest BCUT2D eigenvalue weighted by molar-refractivity contribution is 0.271. The summed E-state index contributed by atoms with van der Waals surface area (Å²) < 4.78 is 10.9. The van der Waals surface area contributed by atoms with Crippen LogP contribution < -0.4 is 15.8 Å². The summed E-state index contributed by atoms with van der Waals surface area (Å²) in [5, 5.41) is 3.18. The van der Waals surface area contributed by atoms with Crippen molar-refractivity contribution in [1.82, 2.24) is 5.32 Å². The molecule has 0 saturated carbocycles. The minimum absolute atomic E-state index is 0.470. The second kappa shape index (κ2) is 5.75. The Morgan fingerprint density at radius 1 is 1.29 bits per heavy atom. The zero-order valence-corrected chi connectivity index (χ0v) is 11.8. The average Bonchev–Trinajstić information content (AvgIpc) is 2.53. The van der Waals surface area contributed by atoms with Gasteiger partial charge in [-0.25, -0.2) is 0 Å². The van der Waals surface area contributed by atoms with Gasteiger partial charge in [0.05, 0.1) is 12.8 Å². The van der Waals surface area contributed by atoms with Crippen molar-refractivity contribution in [2.75, 3.05) is 12.8 Å². The number of nitrogens with zero attached hydrogens (tertiary/aromatic N) is 1. The van der Waals surface area contributed by atoms with Crippen LogP contribution in [0.1, 0.15) is 11.1 Å². The van der Waals surface area contributed by atoms with E-state index in [1.807, 2.05) is 42.5 Å². The number of methoxy groups -OCH3 is 1. The number of fused-ring (bicyclic) bond motifs is 1. The van der Waals surface area contributed by atoms with E-state index in [-0.39, 0.29) is 0 Å². The fourth-order valence-electron chi connectivity index (χ4n) is 2.23. The summed E-state index contributed by atoms with van der Waals surface area (Å²) in [6.45, 7) is 1.06. The molecular formula is C16H17N3O2. The topological polar surface area (TPSA) is 68.9 Å². The van der Waals surface area contributed by atoms with Gasteiger partial charge in [0, 0.05) is 23.4 Å². The third kappa shape index (κ3) is 2.91. The maximum absolute atomic E-state index is 5.75. The average molecular weight is 283 g/mol. The molecule has 0 radical (unpaired) electrons. The lowest BCUT2D eigenvalue weighted by atomic mass is 10.1. The lowest BCUT2D eigenvalue weighted by Gasteiger charge is -2.18. The van der Waals surface area contributed by atoms with Crippen LogP contribution in [-0.4, -0.2) is 13.1 Å². The Hall–Kier alpha value is -2.69. The molecule has 1 aliphatic heterocycles. The van der Waals surface area contributed by atoms with Gasteiger partial charge in [0.15, 0.2) is 0 Å². The fraction of sp³-hybridized carbons (Fsp3) is 0.188. The number of ether oxygens (including phenoxy) is 2. The first-order chi connectivity index (χ1) is 10.3. The Labute approximate surface area is 123 Å². The van der Waals surface area contributed by atoms with Crippen LogP contribution >= 0.6 is 0 Å². The van der Waals surface area contributed by atoms with E-state index in [9.17, 15) is 0 Å². The predicted octanol–water partition coefficient (Wildman–Crippen LogP) is 2.58. The van der Waals surface area contributed by atoms with Gasteiger partial charge in [-0.1, -0.05) is 18.2 Å². The van der Waals surface area contributed by atoms with Crippen LogP contribution in [0.3, 0.4) is 0 Å². The number of para-hydroxylation sites is 1. The molecule has 0 amide bonds. The zero-order valence-electron chi connectivity index (χ0n) is 11.8. The van der Waals surface area contributed by atoms with Crippen molar-refractivity contribution in [2.45, 2.75) is 13.2 Å². The van der Waals surface area contributed by atoms with E-state index >= 15 is 0 Å². The molecule has 0 aromatic heterocycles. The Morgan fingerprint density at radius 3 is 3.00 bits per heavy atom. The summed E-state index contributed by atoms with van der Waals surface area (Å²) in [7, 11) is 1.66. The smallest absolute Gasteiger partial charge is 0.290 e. The van der Waals surface area contributed by atoms with Gasteiger partial charge >= 0.3 is 0 Å². The maximum atomic E-state index is 5.75. The molecule has 3 N–H and O–H groups in total. The number of amidine groups is 1. The van der Waals surface area contributed by atoms with E-state index in [0.717, 1.165) is 28.3 Å². The van der Waals surface area contributed by atoms with Crippen molar-refractivity contribution in [3.8, 4) is 5.75 Å². The van der Waals surface area contributed by atoms with Crippen LogP contribution in [0.2, 0.25) is 0 Å². The summed E-state index contributed by atoms with van der Waals surface area (Å²) in [5.41, 5.74) is 9.41. The van der Waals surface area contributed by atoms with Crippen LogP contribution in [0.15, 0.2) is 47.5 Å². The van der Waals surface area contributed by atoms with E-state index in [1.54, 1.807) is 7.11 Å². The Morgan fingerprint density at radius 2 is 2.14 bits per heavy atom. The largest absolute Gasteiger partial charge is 0.496 e. The number of anilines is 1. The number of nitrogen functional groups attached to an aromatic ring is 1. The van der Waals surface area contributed by atoms with Crippen molar-refractivity contribution in [3.63, 3.8) is 0 Å². The molecule has 5 nitrogen and oxygen atoms in total. The van der Waals surface area contributed by atoms with E-state index in [1.165, 1.54) is 0 Å². The lowest BCUT2D eigenvalue weighted by Crippen LogP contribution is -2.27. The van der Waals surface area contributed by atoms with Crippen LogP contribution in [0.25, 0.3) is 0 Å². The van der Waals surface area contributed by atoms with Crippen molar-refractivity contribution in [2.24, 2.45) is 4.99 Å². The van der Waals surface area contributed by atoms with Crippen molar-refractivity contribution in [3.05, 3.63) is 53.6 Å². The maximum Gasteiger partial charge on any atom is 0.290 e. The Balaban J connectivity index is 1.73. The highest BCUT2D eigenvalue weighted by atomic mass is 16.5. The number of nitrogens with one attached hydrogen (secondary N) is 1. The SMILES string of the molecule is COc1ccccc1CNC1=Nc2ccc(N)cc2CO1. The molecule has 5 heteroatoms. The van der Waals surface area contributed by atoms with Crippen molar-refractivity contribution >= 4 is 17.4 Å². The standard InChI is InChI=1S/C16H17N3O2/c1-20-15-5-3-2-4-11(15)9-18-16-19-14-7-6-13(17)8-12(14)10-21-16/h2-8H,9-10,17H2,1H3,(H,18,19). The number of rotatable bonds is 3. The highest BCUT2D eigenvalue weighted by Gasteiger charge is 2.13. The molecule has 2 aromatic carbocycles. The van der Waals surface area contributed by atoms with Gasteiger partial charge < -0.3 is 20.5 Å². The summed E-state index contributed by atoms with van der Waals surface area (Å²) in [6, 6.07) is 14.0. The van der Waals surface area contributed by atoms with E-state index < -0.39 is 0 Å². The third-order valence-electron chi connectivity index (χ3n) is 3.31. The first-order valence-electron chi connectivity index (χ1n) is 6.72. The molecule has 0 saturated heterocycles. The molecule has 0 aliphatic carbocycles. The predicted molar refractivity (Wildman–Crippen MR) is 82.6 cm³/mol. The minimum atomic E-state index is 0.470. The van der Waals surface area contributed by atoms with Gasteiger partial charge in [0.2, 0.25) is 0 Å². The van der Waals surface area contributed by atoms with Gasteiger partial charge in [-0.2, -0.15) is 4.99 Å². The fourth-order valence-corrected chi connectivity index (χ4v) is 2.23. The number of nitrogens with two attached hydrogens (primary N) is 1. The summed E-state index contributed by atoms with van der Waals surface area (Å²) >= 11 is 0. The molecular weight excluding hydrogens is 266 g/mol. The van der Waals surface area contributed by atoms with Crippen molar-refractivity contribution < 1.29 is 9.47 Å². The molecule has 3 rings (SSSR count). The number of benzene rings is 2. The molecule has 21 heavy (non-hydrogen) atoms. The third-order valence-corrected chi connectivity index (χ3v) is 3.31. The van der Waals surface area contributed by atoms with Gasteiger partial charge in [0.1, 0.15) is 12.4 Å². The molecule has 0 bridgehead atoms. The summed E-state index contributed by atoms with van der Waals surface area (Å²) in [4.78, 5) is 4.44. The van der Waals surface area contributed by atoms with E-state index in [4.69, 9.17) is 15.2 Å². The second-order valence-electron chi connectivity index (χ2n) is 4.76.